The number of halogens is 1. The minimum atomic E-state index is -3.82. The van der Waals surface area contributed by atoms with Gasteiger partial charge in [-0.3, -0.25) is 20.4 Å². The molecule has 0 spiro atoms. The van der Waals surface area contributed by atoms with E-state index in [2.05, 4.69) is 10.9 Å². The van der Waals surface area contributed by atoms with Gasteiger partial charge in [0.2, 0.25) is 15.9 Å². The number of likely N-dealkylation sites (N-methyl/N-ethyl adjacent to an activating group) is 1. The molecular formula is C16H20ClN3O4S. The first-order valence-electron chi connectivity index (χ1n) is 7.75. The molecule has 0 heterocycles. The number of hydrogen-bond acceptors (Lipinski definition) is 4. The average molecular weight is 386 g/mol. The summed E-state index contributed by atoms with van der Waals surface area (Å²) in [4.78, 5) is 23.6. The fourth-order valence-electron chi connectivity index (χ4n) is 2.41. The van der Waals surface area contributed by atoms with Crippen LogP contribution in [0.2, 0.25) is 5.02 Å². The Morgan fingerprint density at radius 1 is 1.20 bits per heavy atom. The second-order valence-corrected chi connectivity index (χ2v) is 8.26. The Bertz CT molecular complexity index is 762. The Kier molecular flexibility index (Phi) is 6.57. The summed E-state index contributed by atoms with van der Waals surface area (Å²) in [5.41, 5.74) is 4.53. The van der Waals surface area contributed by atoms with Crippen LogP contribution in [-0.2, 0) is 19.6 Å². The van der Waals surface area contributed by atoms with Gasteiger partial charge in [-0.2, -0.15) is 4.31 Å². The van der Waals surface area contributed by atoms with Crippen molar-refractivity contribution in [2.24, 2.45) is 5.92 Å². The van der Waals surface area contributed by atoms with Crippen molar-refractivity contribution >= 4 is 33.4 Å². The van der Waals surface area contributed by atoms with E-state index < -0.39 is 22.5 Å². The van der Waals surface area contributed by atoms with E-state index in [1.165, 1.54) is 31.3 Å². The van der Waals surface area contributed by atoms with Crippen LogP contribution in [0.3, 0.4) is 0 Å². The predicted molar refractivity (Wildman–Crippen MR) is 94.0 cm³/mol. The van der Waals surface area contributed by atoms with Crippen LogP contribution in [0.5, 0.6) is 0 Å². The van der Waals surface area contributed by atoms with E-state index in [-0.39, 0.29) is 23.1 Å². The zero-order valence-electron chi connectivity index (χ0n) is 13.7. The largest absolute Gasteiger partial charge is 0.273 e. The van der Waals surface area contributed by atoms with Gasteiger partial charge in [0.25, 0.3) is 5.91 Å². The van der Waals surface area contributed by atoms with Crippen LogP contribution in [0.15, 0.2) is 41.3 Å². The van der Waals surface area contributed by atoms with Gasteiger partial charge in [-0.15, -0.1) is 0 Å². The summed E-state index contributed by atoms with van der Waals surface area (Å²) in [5.74, 6) is -0.756. The number of carbonyl (C=O) groups excluding carboxylic acids is 2. The fourth-order valence-corrected chi connectivity index (χ4v) is 3.66. The number of benzene rings is 1. The first kappa shape index (κ1) is 19.4. The molecule has 2 amide bonds. The molecule has 2 N–H and O–H groups in total. The lowest BCUT2D eigenvalue weighted by Gasteiger charge is -2.17. The SMILES string of the molecule is CN(CC(=O)NNC(=O)C[C@@H]1C=CCC1)S(=O)(=O)c1ccc(Cl)cc1. The molecule has 1 atom stereocenters. The molecule has 0 unspecified atom stereocenters. The number of nitrogens with zero attached hydrogens (tertiary/aromatic N) is 1. The van der Waals surface area contributed by atoms with E-state index in [1.54, 1.807) is 0 Å². The molecule has 1 aliphatic carbocycles. The topological polar surface area (TPSA) is 95.6 Å². The normalized spacial score (nSPS) is 16.8. The summed E-state index contributed by atoms with van der Waals surface area (Å²) in [7, 11) is -2.53. The van der Waals surface area contributed by atoms with E-state index >= 15 is 0 Å². The first-order valence-corrected chi connectivity index (χ1v) is 9.57. The molecule has 0 saturated heterocycles. The number of allylic oxidation sites excluding steroid dienone is 2. The van der Waals surface area contributed by atoms with Crippen molar-refractivity contribution in [3.63, 3.8) is 0 Å². The third-order valence-corrected chi connectivity index (χ3v) is 5.86. The molecule has 2 rings (SSSR count). The monoisotopic (exact) mass is 385 g/mol. The van der Waals surface area contributed by atoms with Gasteiger partial charge in [0.15, 0.2) is 0 Å². The Morgan fingerprint density at radius 2 is 1.84 bits per heavy atom. The fraction of sp³-hybridized carbons (Fsp3) is 0.375. The van der Waals surface area contributed by atoms with Gasteiger partial charge in [-0.1, -0.05) is 23.8 Å². The van der Waals surface area contributed by atoms with Crippen molar-refractivity contribution < 1.29 is 18.0 Å². The number of nitrogens with one attached hydrogen (secondary N) is 2. The number of amides is 2. The number of hydrogen-bond donors (Lipinski definition) is 2. The Labute approximate surface area is 152 Å². The van der Waals surface area contributed by atoms with Gasteiger partial charge >= 0.3 is 0 Å². The van der Waals surface area contributed by atoms with E-state index in [0.717, 1.165) is 17.1 Å². The molecular weight excluding hydrogens is 366 g/mol. The molecule has 1 aromatic rings. The molecule has 0 aromatic heterocycles. The average Bonchev–Trinajstić information content (AvgIpc) is 3.06. The minimum Gasteiger partial charge on any atom is -0.273 e. The molecule has 7 nitrogen and oxygen atoms in total. The molecule has 25 heavy (non-hydrogen) atoms. The van der Waals surface area contributed by atoms with E-state index in [4.69, 9.17) is 11.6 Å². The lowest BCUT2D eigenvalue weighted by Crippen LogP contribution is -2.47. The van der Waals surface area contributed by atoms with Crippen molar-refractivity contribution in [1.29, 1.82) is 0 Å². The third kappa shape index (κ3) is 5.55. The van der Waals surface area contributed by atoms with Gasteiger partial charge in [0.05, 0.1) is 11.4 Å². The van der Waals surface area contributed by atoms with Crippen LogP contribution in [0.4, 0.5) is 0 Å². The van der Waals surface area contributed by atoms with Gasteiger partial charge in [0.1, 0.15) is 0 Å². The third-order valence-electron chi connectivity index (χ3n) is 3.79. The summed E-state index contributed by atoms with van der Waals surface area (Å²) in [6.45, 7) is -0.422. The molecule has 9 heteroatoms. The summed E-state index contributed by atoms with van der Waals surface area (Å²) in [6.07, 6.45) is 6.16. The van der Waals surface area contributed by atoms with Crippen LogP contribution in [0.25, 0.3) is 0 Å². The van der Waals surface area contributed by atoms with Gasteiger partial charge in [-0.05, 0) is 43.0 Å². The van der Waals surface area contributed by atoms with Gasteiger partial charge in [0, 0.05) is 18.5 Å². The maximum Gasteiger partial charge on any atom is 0.253 e. The maximum atomic E-state index is 12.4. The summed E-state index contributed by atoms with van der Waals surface area (Å²) in [5, 5.41) is 0.416. The Balaban J connectivity index is 1.83. The minimum absolute atomic E-state index is 0.0317. The number of hydrazine groups is 1. The van der Waals surface area contributed by atoms with E-state index in [0.29, 0.717) is 5.02 Å². The number of sulfonamides is 1. The van der Waals surface area contributed by atoms with Crippen LogP contribution in [-0.4, -0.2) is 38.1 Å². The van der Waals surface area contributed by atoms with Crippen molar-refractivity contribution in [1.82, 2.24) is 15.2 Å². The van der Waals surface area contributed by atoms with Gasteiger partial charge in [-0.25, -0.2) is 8.42 Å². The second kappa shape index (κ2) is 8.46. The molecule has 0 saturated carbocycles. The molecule has 0 aliphatic heterocycles. The Morgan fingerprint density at radius 3 is 2.44 bits per heavy atom. The highest BCUT2D eigenvalue weighted by molar-refractivity contribution is 7.89. The summed E-state index contributed by atoms with van der Waals surface area (Å²) >= 11 is 5.74. The van der Waals surface area contributed by atoms with Crippen LogP contribution in [0, 0.1) is 5.92 Å². The Hall–Kier alpha value is -1.90. The van der Waals surface area contributed by atoms with Crippen molar-refractivity contribution in [2.75, 3.05) is 13.6 Å². The zero-order valence-corrected chi connectivity index (χ0v) is 15.3. The van der Waals surface area contributed by atoms with Crippen LogP contribution < -0.4 is 10.9 Å². The lowest BCUT2D eigenvalue weighted by molar-refractivity contribution is -0.129. The molecule has 1 aromatic carbocycles. The molecule has 0 bridgehead atoms. The van der Waals surface area contributed by atoms with E-state index in [9.17, 15) is 18.0 Å². The van der Waals surface area contributed by atoms with Crippen molar-refractivity contribution in [3.8, 4) is 0 Å². The highest BCUT2D eigenvalue weighted by Crippen LogP contribution is 2.20. The van der Waals surface area contributed by atoms with Crippen LogP contribution >= 0.6 is 11.6 Å². The highest BCUT2D eigenvalue weighted by atomic mass is 35.5. The summed E-state index contributed by atoms with van der Waals surface area (Å²) in [6, 6.07) is 5.64. The number of rotatable bonds is 6. The standard InChI is InChI=1S/C16H20ClN3O4S/c1-20(25(23,24)14-8-6-13(17)7-9-14)11-16(22)19-18-15(21)10-12-4-2-3-5-12/h2,4,6-9,12H,3,5,10-11H2,1H3,(H,18,21)(H,19,22)/t12-/m1/s1. The summed E-state index contributed by atoms with van der Waals surface area (Å²) < 4.78 is 25.6. The smallest absolute Gasteiger partial charge is 0.253 e. The lowest BCUT2D eigenvalue weighted by atomic mass is 10.1. The van der Waals surface area contributed by atoms with Crippen molar-refractivity contribution in [2.45, 2.75) is 24.2 Å². The zero-order chi connectivity index (χ0) is 18.4. The predicted octanol–water partition coefficient (Wildman–Crippen LogP) is 1.46. The molecule has 136 valence electrons. The molecule has 0 fully saturated rings. The molecule has 0 radical (unpaired) electrons. The van der Waals surface area contributed by atoms with Crippen LogP contribution in [0.1, 0.15) is 19.3 Å². The van der Waals surface area contributed by atoms with Crippen molar-refractivity contribution in [3.05, 3.63) is 41.4 Å². The maximum absolute atomic E-state index is 12.4. The quantitative estimate of drug-likeness (QED) is 0.572. The number of carbonyl (C=O) groups is 2. The molecule has 1 aliphatic rings. The highest BCUT2D eigenvalue weighted by Gasteiger charge is 2.23. The van der Waals surface area contributed by atoms with Gasteiger partial charge < -0.3 is 0 Å². The second-order valence-electron chi connectivity index (χ2n) is 5.78. The first-order chi connectivity index (χ1) is 11.8. The van der Waals surface area contributed by atoms with E-state index in [1.807, 2.05) is 12.2 Å².